The zero-order valence-corrected chi connectivity index (χ0v) is 17.2. The maximum absolute atomic E-state index is 11.8. The second-order valence-corrected chi connectivity index (χ2v) is 7.63. The zero-order chi connectivity index (χ0) is 22.8. The van der Waals surface area contributed by atoms with Gasteiger partial charge in [-0.1, -0.05) is 0 Å². The Bertz CT molecular complexity index is 574. The third-order valence-electron chi connectivity index (χ3n) is 3.88. The van der Waals surface area contributed by atoms with Gasteiger partial charge in [-0.2, -0.15) is 0 Å². The first-order valence-electron chi connectivity index (χ1n) is 9.31. The Morgan fingerprint density at radius 3 is 2.17 bits per heavy atom. The van der Waals surface area contributed by atoms with Gasteiger partial charge in [-0.3, -0.25) is 9.59 Å². The summed E-state index contributed by atoms with van der Waals surface area (Å²) in [7, 11) is 0. The molecule has 11 heteroatoms. The summed E-state index contributed by atoms with van der Waals surface area (Å²) < 4.78 is 10.2. The summed E-state index contributed by atoms with van der Waals surface area (Å²) in [6.07, 6.45) is -1.16. The highest BCUT2D eigenvalue weighted by Crippen LogP contribution is 2.25. The number of aliphatic hydroxyl groups excluding tert-OH is 1. The van der Waals surface area contributed by atoms with Crippen molar-refractivity contribution in [3.63, 3.8) is 0 Å². The Morgan fingerprint density at radius 1 is 1.17 bits per heavy atom. The lowest BCUT2D eigenvalue weighted by Crippen LogP contribution is -2.53. The van der Waals surface area contributed by atoms with E-state index in [1.807, 2.05) is 0 Å². The molecule has 0 radical (unpaired) electrons. The molecule has 168 valence electrons. The number of nitrogens with two attached hydrogens (primary N) is 1. The molecule has 0 heterocycles. The van der Waals surface area contributed by atoms with Crippen LogP contribution in [0, 0.1) is 5.92 Å². The molecule has 1 rings (SSSR count). The number of rotatable bonds is 6. The summed E-state index contributed by atoms with van der Waals surface area (Å²) in [6, 6.07) is -0.416. The molecule has 4 atom stereocenters. The van der Waals surface area contributed by atoms with Crippen molar-refractivity contribution in [2.75, 3.05) is 6.61 Å². The van der Waals surface area contributed by atoms with Crippen molar-refractivity contribution in [1.82, 2.24) is 5.32 Å². The fourth-order valence-corrected chi connectivity index (χ4v) is 2.55. The number of aliphatic hydroxyl groups is 1. The second-order valence-electron chi connectivity index (χ2n) is 7.63. The molecule has 1 aliphatic carbocycles. The van der Waals surface area contributed by atoms with Gasteiger partial charge in [0.25, 0.3) is 0 Å². The van der Waals surface area contributed by atoms with E-state index < -0.39 is 36.2 Å². The maximum Gasteiger partial charge on any atom is 0.407 e. The molecule has 1 saturated carbocycles. The van der Waals surface area contributed by atoms with Gasteiger partial charge in [-0.15, -0.1) is 0 Å². The van der Waals surface area contributed by atoms with Gasteiger partial charge >= 0.3 is 24.0 Å². The number of carboxylic acids is 2. The van der Waals surface area contributed by atoms with Crippen molar-refractivity contribution >= 4 is 24.0 Å². The van der Waals surface area contributed by atoms with Gasteiger partial charge in [-0.25, -0.2) is 9.59 Å². The predicted octanol–water partition coefficient (Wildman–Crippen LogP) is 0.477. The van der Waals surface area contributed by atoms with Crippen LogP contribution in [0.5, 0.6) is 0 Å². The number of nitrogens with one attached hydrogen (secondary N) is 1. The molecule has 1 unspecified atom stereocenters. The van der Waals surface area contributed by atoms with Crippen molar-refractivity contribution < 1.29 is 44.0 Å². The number of ether oxygens (including phenoxy) is 2. The Kier molecular flexibility index (Phi) is 11.2. The van der Waals surface area contributed by atoms with Gasteiger partial charge in [0.2, 0.25) is 0 Å². The first-order chi connectivity index (χ1) is 13.3. The summed E-state index contributed by atoms with van der Waals surface area (Å²) in [5.41, 5.74) is 5.45. The van der Waals surface area contributed by atoms with Crippen LogP contribution >= 0.6 is 0 Å². The monoisotopic (exact) mass is 420 g/mol. The Labute approximate surface area is 169 Å². The van der Waals surface area contributed by atoms with E-state index in [4.69, 9.17) is 30.5 Å². The lowest BCUT2D eigenvalue weighted by Gasteiger charge is -2.34. The standard InChI is InChI=1S/C14H26N2O4.C4H6O5/c1-5-19-12(17)9-6-7-10(15)11(8-9)16-13(18)20-14(2,3)4;5-2(4(8)9)1-3(6)7/h9-11H,5-8,15H2,1-4H3,(H,16,18);2,5H,1H2,(H,6,7)(H,8,9)/t9-,10+,11+;/m0./s1. The summed E-state index contributed by atoms with van der Waals surface area (Å²) in [4.78, 5) is 42.9. The summed E-state index contributed by atoms with van der Waals surface area (Å²) in [6.45, 7) is 7.55. The minimum Gasteiger partial charge on any atom is -0.481 e. The average Bonchev–Trinajstić information content (AvgIpc) is 2.55. The van der Waals surface area contributed by atoms with E-state index in [9.17, 15) is 19.2 Å². The molecule has 0 aromatic carbocycles. The van der Waals surface area contributed by atoms with Gasteiger partial charge in [-0.05, 0) is 47.0 Å². The van der Waals surface area contributed by atoms with Crippen LogP contribution < -0.4 is 11.1 Å². The van der Waals surface area contributed by atoms with E-state index >= 15 is 0 Å². The van der Waals surface area contributed by atoms with Crippen molar-refractivity contribution in [3.8, 4) is 0 Å². The van der Waals surface area contributed by atoms with Gasteiger partial charge < -0.3 is 35.8 Å². The molecule has 1 amide bonds. The highest BCUT2D eigenvalue weighted by atomic mass is 16.6. The van der Waals surface area contributed by atoms with Crippen LogP contribution in [-0.4, -0.2) is 69.7 Å². The zero-order valence-electron chi connectivity index (χ0n) is 17.2. The van der Waals surface area contributed by atoms with Crippen LogP contribution in [0.4, 0.5) is 4.79 Å². The SMILES string of the molecule is CCOC(=O)[C@H]1CC[C@@H](N)[C@H](NC(=O)OC(C)(C)C)C1.O=C(O)CC(O)C(=O)O. The van der Waals surface area contributed by atoms with Crippen LogP contribution in [0.3, 0.4) is 0 Å². The molecule has 6 N–H and O–H groups in total. The number of amides is 1. The number of hydrogen-bond donors (Lipinski definition) is 5. The number of aliphatic carboxylic acids is 2. The number of carbonyl (C=O) groups excluding carboxylic acids is 2. The summed E-state index contributed by atoms with van der Waals surface area (Å²) in [5, 5.41) is 26.9. The Hall–Kier alpha value is -2.40. The molecule has 0 saturated heterocycles. The predicted molar refractivity (Wildman–Crippen MR) is 101 cm³/mol. The number of carboxylic acid groups (broad SMARTS) is 2. The molecular weight excluding hydrogens is 388 g/mol. The molecule has 1 aliphatic rings. The molecule has 0 spiro atoms. The lowest BCUT2D eigenvalue weighted by molar-refractivity contribution is -0.152. The molecule has 0 aromatic rings. The summed E-state index contributed by atoms with van der Waals surface area (Å²) >= 11 is 0. The van der Waals surface area contributed by atoms with Gasteiger partial charge in [0.15, 0.2) is 6.10 Å². The second kappa shape index (κ2) is 12.2. The highest BCUT2D eigenvalue weighted by Gasteiger charge is 2.34. The first kappa shape index (κ1) is 26.6. The fourth-order valence-electron chi connectivity index (χ4n) is 2.55. The van der Waals surface area contributed by atoms with E-state index in [0.29, 0.717) is 25.9 Å². The third kappa shape index (κ3) is 11.9. The highest BCUT2D eigenvalue weighted by molar-refractivity contribution is 5.79. The molecule has 1 fully saturated rings. The molecule has 0 aliphatic heterocycles. The van der Waals surface area contributed by atoms with Gasteiger partial charge in [0.1, 0.15) is 5.60 Å². The van der Waals surface area contributed by atoms with Gasteiger partial charge in [0, 0.05) is 12.1 Å². The minimum atomic E-state index is -1.79. The van der Waals surface area contributed by atoms with Crippen LogP contribution in [0.2, 0.25) is 0 Å². The van der Waals surface area contributed by atoms with Gasteiger partial charge in [0.05, 0.1) is 18.9 Å². The van der Waals surface area contributed by atoms with Crippen molar-refractivity contribution in [3.05, 3.63) is 0 Å². The fraction of sp³-hybridized carbons (Fsp3) is 0.778. The number of carbonyl (C=O) groups is 4. The van der Waals surface area contributed by atoms with Crippen LogP contribution in [0.15, 0.2) is 0 Å². The van der Waals surface area contributed by atoms with Crippen LogP contribution in [0.25, 0.3) is 0 Å². The number of alkyl carbamates (subject to hydrolysis) is 1. The Morgan fingerprint density at radius 2 is 1.76 bits per heavy atom. The lowest BCUT2D eigenvalue weighted by atomic mass is 9.83. The van der Waals surface area contributed by atoms with E-state index in [1.54, 1.807) is 27.7 Å². The molecule has 29 heavy (non-hydrogen) atoms. The molecular formula is C18H32N2O9. The largest absolute Gasteiger partial charge is 0.481 e. The molecule has 0 aromatic heterocycles. The maximum atomic E-state index is 11.8. The third-order valence-corrected chi connectivity index (χ3v) is 3.88. The molecule has 0 bridgehead atoms. The number of hydrogen-bond acceptors (Lipinski definition) is 8. The van der Waals surface area contributed by atoms with Crippen molar-refractivity contribution in [1.29, 1.82) is 0 Å². The molecule has 11 nitrogen and oxygen atoms in total. The van der Waals surface area contributed by atoms with Crippen LogP contribution in [-0.2, 0) is 23.9 Å². The Balaban J connectivity index is 0.000000734. The minimum absolute atomic E-state index is 0.159. The van der Waals surface area contributed by atoms with E-state index in [1.165, 1.54) is 0 Å². The quantitative estimate of drug-likeness (QED) is 0.378. The smallest absolute Gasteiger partial charge is 0.407 e. The first-order valence-corrected chi connectivity index (χ1v) is 9.31. The number of esters is 1. The average molecular weight is 420 g/mol. The van der Waals surface area contributed by atoms with Crippen molar-refractivity contribution in [2.45, 2.75) is 77.2 Å². The van der Waals surface area contributed by atoms with E-state index in [-0.39, 0.29) is 24.0 Å². The summed E-state index contributed by atoms with van der Waals surface area (Å²) in [5.74, 6) is -3.26. The van der Waals surface area contributed by atoms with Crippen molar-refractivity contribution in [2.24, 2.45) is 11.7 Å². The van der Waals surface area contributed by atoms with E-state index in [2.05, 4.69) is 5.32 Å². The normalized spacial score (nSPS) is 22.3. The topological polar surface area (TPSA) is 185 Å². The van der Waals surface area contributed by atoms with E-state index in [0.717, 1.165) is 0 Å². The van der Waals surface area contributed by atoms with Crippen LogP contribution in [0.1, 0.15) is 53.4 Å².